The molecule has 1 aromatic carbocycles. The summed E-state index contributed by atoms with van der Waals surface area (Å²) in [5.41, 5.74) is 8.91. The lowest BCUT2D eigenvalue weighted by Crippen LogP contribution is -2.25. The molecule has 100 valence electrons. The van der Waals surface area contributed by atoms with Crippen LogP contribution >= 0.6 is 0 Å². The third-order valence-electron chi connectivity index (χ3n) is 4.18. The van der Waals surface area contributed by atoms with Gasteiger partial charge in [-0.1, -0.05) is 6.92 Å². The quantitative estimate of drug-likeness (QED) is 0.802. The van der Waals surface area contributed by atoms with E-state index in [4.69, 9.17) is 5.73 Å². The van der Waals surface area contributed by atoms with E-state index in [1.54, 1.807) is 0 Å². The number of rotatable bonds is 2. The lowest BCUT2D eigenvalue weighted by atomic mass is 9.87. The van der Waals surface area contributed by atoms with Crippen LogP contribution in [0.15, 0.2) is 30.5 Å². The molecule has 3 rings (SSSR count). The molecular weight excluding hydrogens is 234 g/mol. The van der Waals surface area contributed by atoms with Gasteiger partial charge in [0.25, 0.3) is 0 Å². The number of hydrogen-bond donors (Lipinski definition) is 2. The minimum atomic E-state index is 0.574. The van der Waals surface area contributed by atoms with Crippen LogP contribution in [-0.2, 0) is 0 Å². The third kappa shape index (κ3) is 2.50. The Morgan fingerprint density at radius 3 is 2.74 bits per heavy atom. The van der Waals surface area contributed by atoms with Crippen LogP contribution in [0.25, 0.3) is 10.9 Å². The number of fused-ring (bicyclic) bond motifs is 1. The van der Waals surface area contributed by atoms with Crippen molar-refractivity contribution in [3.8, 4) is 0 Å². The van der Waals surface area contributed by atoms with Crippen molar-refractivity contribution in [1.29, 1.82) is 0 Å². The summed E-state index contributed by atoms with van der Waals surface area (Å²) < 4.78 is 0. The first-order chi connectivity index (χ1) is 9.24. The van der Waals surface area contributed by atoms with Crippen LogP contribution in [0.1, 0.15) is 32.6 Å². The number of pyridine rings is 1. The van der Waals surface area contributed by atoms with Crippen LogP contribution in [-0.4, -0.2) is 11.0 Å². The summed E-state index contributed by atoms with van der Waals surface area (Å²) in [5, 5.41) is 4.69. The van der Waals surface area contributed by atoms with Crippen molar-refractivity contribution in [3.63, 3.8) is 0 Å². The van der Waals surface area contributed by atoms with Gasteiger partial charge in [0.2, 0.25) is 0 Å². The molecule has 0 aliphatic heterocycles. The van der Waals surface area contributed by atoms with Crippen LogP contribution in [0.5, 0.6) is 0 Å². The van der Waals surface area contributed by atoms with Gasteiger partial charge in [-0.2, -0.15) is 0 Å². The molecule has 1 fully saturated rings. The van der Waals surface area contributed by atoms with Gasteiger partial charge in [0.15, 0.2) is 0 Å². The van der Waals surface area contributed by atoms with E-state index in [0.29, 0.717) is 6.04 Å². The second-order valence-electron chi connectivity index (χ2n) is 5.70. The van der Waals surface area contributed by atoms with Crippen molar-refractivity contribution in [1.82, 2.24) is 4.98 Å². The van der Waals surface area contributed by atoms with Gasteiger partial charge in [-0.05, 0) is 55.9 Å². The average molecular weight is 255 g/mol. The van der Waals surface area contributed by atoms with E-state index >= 15 is 0 Å². The van der Waals surface area contributed by atoms with Crippen molar-refractivity contribution in [2.45, 2.75) is 38.6 Å². The molecule has 19 heavy (non-hydrogen) atoms. The highest BCUT2D eigenvalue weighted by atomic mass is 14.9. The number of aromatic nitrogens is 1. The molecule has 3 N–H and O–H groups in total. The molecule has 1 saturated carbocycles. The molecule has 0 spiro atoms. The van der Waals surface area contributed by atoms with Crippen molar-refractivity contribution in [2.24, 2.45) is 5.92 Å². The SMILES string of the molecule is CC1CCC(Nc2ccc(N)c3cccnc23)CC1. The van der Waals surface area contributed by atoms with Gasteiger partial charge < -0.3 is 11.1 Å². The van der Waals surface area contributed by atoms with E-state index in [1.807, 2.05) is 24.4 Å². The van der Waals surface area contributed by atoms with E-state index < -0.39 is 0 Å². The third-order valence-corrected chi connectivity index (χ3v) is 4.18. The smallest absolute Gasteiger partial charge is 0.0953 e. The van der Waals surface area contributed by atoms with E-state index in [9.17, 15) is 0 Å². The predicted molar refractivity (Wildman–Crippen MR) is 81.2 cm³/mol. The summed E-state index contributed by atoms with van der Waals surface area (Å²) in [5.74, 6) is 0.874. The molecule has 0 bridgehead atoms. The molecule has 3 heteroatoms. The molecule has 1 aliphatic carbocycles. The fourth-order valence-corrected chi connectivity index (χ4v) is 2.94. The van der Waals surface area contributed by atoms with E-state index in [2.05, 4.69) is 23.3 Å². The average Bonchev–Trinajstić information content (AvgIpc) is 2.45. The van der Waals surface area contributed by atoms with E-state index in [1.165, 1.54) is 25.7 Å². The number of nitrogens with zero attached hydrogens (tertiary/aromatic N) is 1. The minimum absolute atomic E-state index is 0.574. The van der Waals surface area contributed by atoms with Crippen molar-refractivity contribution < 1.29 is 0 Å². The second kappa shape index (κ2) is 5.08. The van der Waals surface area contributed by atoms with Gasteiger partial charge in [-0.25, -0.2) is 0 Å². The van der Waals surface area contributed by atoms with Crippen LogP contribution < -0.4 is 11.1 Å². The molecule has 0 radical (unpaired) electrons. The molecule has 1 heterocycles. The maximum absolute atomic E-state index is 6.01. The first kappa shape index (κ1) is 12.3. The maximum Gasteiger partial charge on any atom is 0.0953 e. The Kier molecular flexibility index (Phi) is 3.28. The summed E-state index contributed by atoms with van der Waals surface area (Å²) in [6, 6.07) is 8.57. The zero-order valence-corrected chi connectivity index (χ0v) is 11.4. The van der Waals surface area contributed by atoms with Crippen LogP contribution in [0.2, 0.25) is 0 Å². The zero-order chi connectivity index (χ0) is 13.2. The lowest BCUT2D eigenvalue weighted by Gasteiger charge is -2.28. The highest BCUT2D eigenvalue weighted by Crippen LogP contribution is 2.30. The zero-order valence-electron chi connectivity index (χ0n) is 11.4. The van der Waals surface area contributed by atoms with Crippen LogP contribution in [0.4, 0.5) is 11.4 Å². The summed E-state index contributed by atoms with van der Waals surface area (Å²) >= 11 is 0. The molecule has 0 unspecified atom stereocenters. The minimum Gasteiger partial charge on any atom is -0.398 e. The first-order valence-corrected chi connectivity index (χ1v) is 7.14. The molecule has 1 aliphatic rings. The Bertz CT molecular complexity index is 571. The number of nitrogens with one attached hydrogen (secondary N) is 1. The summed E-state index contributed by atoms with van der Waals surface area (Å²) in [4.78, 5) is 4.48. The number of hydrogen-bond acceptors (Lipinski definition) is 3. The molecular formula is C16H21N3. The topological polar surface area (TPSA) is 50.9 Å². The summed E-state index contributed by atoms with van der Waals surface area (Å²) in [6.07, 6.45) is 6.96. The van der Waals surface area contributed by atoms with Gasteiger partial charge in [-0.3, -0.25) is 4.98 Å². The van der Waals surface area contributed by atoms with Crippen molar-refractivity contribution in [3.05, 3.63) is 30.5 Å². The van der Waals surface area contributed by atoms with Crippen molar-refractivity contribution >= 4 is 22.3 Å². The lowest BCUT2D eigenvalue weighted by molar-refractivity contribution is 0.361. The Labute approximate surface area is 114 Å². The Hall–Kier alpha value is -1.77. The highest BCUT2D eigenvalue weighted by molar-refractivity contribution is 5.98. The molecule has 3 nitrogen and oxygen atoms in total. The molecule has 2 aromatic rings. The molecule has 1 aromatic heterocycles. The Morgan fingerprint density at radius 2 is 1.95 bits per heavy atom. The highest BCUT2D eigenvalue weighted by Gasteiger charge is 2.18. The number of nitrogens with two attached hydrogens (primary N) is 1. The van der Waals surface area contributed by atoms with Gasteiger partial charge in [0, 0.05) is 23.3 Å². The van der Waals surface area contributed by atoms with Gasteiger partial charge in [0.1, 0.15) is 0 Å². The standard InChI is InChI=1S/C16H21N3/c1-11-4-6-12(7-5-11)19-15-9-8-14(17)13-3-2-10-18-16(13)15/h2-3,8-12,19H,4-7,17H2,1H3. The Balaban J connectivity index is 1.87. The molecule has 0 atom stereocenters. The van der Waals surface area contributed by atoms with Crippen LogP contribution in [0.3, 0.4) is 0 Å². The summed E-state index contributed by atoms with van der Waals surface area (Å²) in [7, 11) is 0. The first-order valence-electron chi connectivity index (χ1n) is 7.14. The normalized spacial score (nSPS) is 23.4. The van der Waals surface area contributed by atoms with E-state index in [0.717, 1.165) is 28.2 Å². The number of nitrogen functional groups attached to an aromatic ring is 1. The summed E-state index contributed by atoms with van der Waals surface area (Å²) in [6.45, 7) is 2.34. The predicted octanol–water partition coefficient (Wildman–Crippen LogP) is 3.81. The maximum atomic E-state index is 6.01. The number of benzene rings is 1. The second-order valence-corrected chi connectivity index (χ2v) is 5.70. The fraction of sp³-hybridized carbons (Fsp3) is 0.438. The van der Waals surface area contributed by atoms with Gasteiger partial charge in [-0.15, -0.1) is 0 Å². The number of anilines is 2. The monoisotopic (exact) mass is 255 g/mol. The fourth-order valence-electron chi connectivity index (χ4n) is 2.94. The Morgan fingerprint density at radius 1 is 1.16 bits per heavy atom. The van der Waals surface area contributed by atoms with E-state index in [-0.39, 0.29) is 0 Å². The largest absolute Gasteiger partial charge is 0.398 e. The van der Waals surface area contributed by atoms with Crippen LogP contribution in [0, 0.1) is 5.92 Å². The van der Waals surface area contributed by atoms with Crippen molar-refractivity contribution in [2.75, 3.05) is 11.1 Å². The molecule has 0 saturated heterocycles. The van der Waals surface area contributed by atoms with Gasteiger partial charge in [0.05, 0.1) is 11.2 Å². The molecule has 0 amide bonds. The van der Waals surface area contributed by atoms with Gasteiger partial charge >= 0.3 is 0 Å².